The Morgan fingerprint density at radius 1 is 1.11 bits per heavy atom. The molecule has 2 aromatic heterocycles. The third kappa shape index (κ3) is 3.07. The van der Waals surface area contributed by atoms with Gasteiger partial charge in [-0.2, -0.15) is 0 Å². The molecule has 0 saturated heterocycles. The Kier molecular flexibility index (Phi) is 4.27. The molecule has 28 heavy (non-hydrogen) atoms. The van der Waals surface area contributed by atoms with E-state index in [9.17, 15) is 14.9 Å². The summed E-state index contributed by atoms with van der Waals surface area (Å²) in [4.78, 5) is 31.1. The maximum atomic E-state index is 12.6. The van der Waals surface area contributed by atoms with Crippen molar-refractivity contribution in [1.29, 1.82) is 0 Å². The number of H-pyrrole nitrogens is 1. The van der Waals surface area contributed by atoms with Gasteiger partial charge in [0.1, 0.15) is 5.69 Å². The first kappa shape index (κ1) is 17.7. The number of nitro benzene ring substituents is 1. The summed E-state index contributed by atoms with van der Waals surface area (Å²) in [6.07, 6.45) is 0. The van der Waals surface area contributed by atoms with Crippen molar-refractivity contribution in [2.75, 3.05) is 0 Å². The number of non-ortho nitro benzene ring substituents is 1. The van der Waals surface area contributed by atoms with Crippen molar-refractivity contribution in [2.24, 2.45) is 0 Å². The van der Waals surface area contributed by atoms with Crippen LogP contribution < -0.4 is 5.32 Å². The number of aromatic amines is 1. The van der Waals surface area contributed by atoms with Gasteiger partial charge in [-0.15, -0.1) is 0 Å². The van der Waals surface area contributed by atoms with Crippen LogP contribution in [0.3, 0.4) is 0 Å². The topological polar surface area (TPSA) is 101 Å². The van der Waals surface area contributed by atoms with Crippen LogP contribution in [0, 0.1) is 10.1 Å². The van der Waals surface area contributed by atoms with Crippen molar-refractivity contribution < 1.29 is 9.72 Å². The molecule has 0 aliphatic rings. The normalized spacial score (nSPS) is 11.2. The molecule has 2 heterocycles. The van der Waals surface area contributed by atoms with Crippen LogP contribution in [-0.2, 0) is 0 Å². The van der Waals surface area contributed by atoms with Crippen molar-refractivity contribution >= 4 is 33.4 Å². The molecule has 0 spiro atoms. The number of carbonyl (C=O) groups excluding carboxylic acids is 1. The predicted octanol–water partition coefficient (Wildman–Crippen LogP) is 4.43. The van der Waals surface area contributed by atoms with Gasteiger partial charge in [-0.1, -0.05) is 18.2 Å². The molecule has 0 radical (unpaired) electrons. The average molecular weight is 374 g/mol. The van der Waals surface area contributed by atoms with E-state index in [1.54, 1.807) is 18.2 Å². The molecule has 1 amide bonds. The van der Waals surface area contributed by atoms with Crippen molar-refractivity contribution in [1.82, 2.24) is 15.3 Å². The zero-order valence-corrected chi connectivity index (χ0v) is 15.4. The van der Waals surface area contributed by atoms with Crippen molar-refractivity contribution in [3.05, 3.63) is 70.4 Å². The van der Waals surface area contributed by atoms with E-state index < -0.39 is 4.92 Å². The van der Waals surface area contributed by atoms with Crippen LogP contribution in [0.15, 0.2) is 54.6 Å². The number of benzene rings is 2. The molecule has 0 unspecified atom stereocenters. The fourth-order valence-electron chi connectivity index (χ4n) is 3.25. The lowest BCUT2D eigenvalue weighted by Crippen LogP contribution is -2.30. The smallest absolute Gasteiger partial charge is 0.270 e. The fourth-order valence-corrected chi connectivity index (χ4v) is 3.25. The average Bonchev–Trinajstić information content (AvgIpc) is 3.05. The summed E-state index contributed by atoms with van der Waals surface area (Å²) in [7, 11) is 0. The molecule has 0 atom stereocenters. The number of para-hydroxylation sites is 1. The van der Waals surface area contributed by atoms with E-state index in [0.717, 1.165) is 21.8 Å². The highest BCUT2D eigenvalue weighted by atomic mass is 16.6. The standard InChI is InChI=1S/C21H18N4O3/c1-12(2)22-21(26)18-11-16-15-5-3-4-6-17(15)23-20(16)19(24-18)13-7-9-14(10-8-13)25(27)28/h3-12,23H,1-2H3,(H,22,26). The first-order chi connectivity index (χ1) is 13.4. The maximum absolute atomic E-state index is 12.6. The van der Waals surface area contributed by atoms with Gasteiger partial charge in [-0.05, 0) is 38.1 Å². The van der Waals surface area contributed by atoms with E-state index in [2.05, 4.69) is 15.3 Å². The Bertz CT molecular complexity index is 1210. The van der Waals surface area contributed by atoms with Crippen LogP contribution in [0.5, 0.6) is 0 Å². The lowest BCUT2D eigenvalue weighted by molar-refractivity contribution is -0.384. The number of hydrogen-bond acceptors (Lipinski definition) is 4. The quantitative estimate of drug-likeness (QED) is 0.407. The van der Waals surface area contributed by atoms with Crippen molar-refractivity contribution in [3.63, 3.8) is 0 Å². The molecule has 0 fully saturated rings. The highest BCUT2D eigenvalue weighted by Crippen LogP contribution is 2.33. The number of fused-ring (bicyclic) bond motifs is 3. The Labute approximate surface area is 160 Å². The monoisotopic (exact) mass is 374 g/mol. The third-order valence-electron chi connectivity index (χ3n) is 4.50. The number of carbonyl (C=O) groups is 1. The van der Waals surface area contributed by atoms with E-state index in [-0.39, 0.29) is 17.6 Å². The Morgan fingerprint density at radius 3 is 2.50 bits per heavy atom. The van der Waals surface area contributed by atoms with E-state index in [4.69, 9.17) is 0 Å². The zero-order chi connectivity index (χ0) is 19.8. The Morgan fingerprint density at radius 2 is 1.82 bits per heavy atom. The van der Waals surface area contributed by atoms with Gasteiger partial charge in [0, 0.05) is 40.0 Å². The first-order valence-corrected chi connectivity index (χ1v) is 8.91. The first-order valence-electron chi connectivity index (χ1n) is 8.91. The number of amides is 1. The number of pyridine rings is 1. The van der Waals surface area contributed by atoms with Gasteiger partial charge in [0.05, 0.1) is 16.1 Å². The summed E-state index contributed by atoms with van der Waals surface area (Å²) in [5.74, 6) is -0.259. The highest BCUT2D eigenvalue weighted by Gasteiger charge is 2.18. The molecule has 0 saturated carbocycles. The van der Waals surface area contributed by atoms with Gasteiger partial charge in [0.25, 0.3) is 11.6 Å². The largest absolute Gasteiger partial charge is 0.353 e. The number of hydrogen-bond donors (Lipinski definition) is 2. The second-order valence-electron chi connectivity index (χ2n) is 6.88. The minimum atomic E-state index is -0.442. The summed E-state index contributed by atoms with van der Waals surface area (Å²) in [6, 6.07) is 15.7. The van der Waals surface area contributed by atoms with Crippen molar-refractivity contribution in [2.45, 2.75) is 19.9 Å². The minimum absolute atomic E-state index is 0.00495. The molecule has 7 nitrogen and oxygen atoms in total. The van der Waals surface area contributed by atoms with Gasteiger partial charge >= 0.3 is 0 Å². The summed E-state index contributed by atoms with van der Waals surface area (Å²) in [5, 5.41) is 15.7. The van der Waals surface area contributed by atoms with E-state index >= 15 is 0 Å². The molecule has 7 heteroatoms. The van der Waals surface area contributed by atoms with E-state index in [0.29, 0.717) is 17.0 Å². The molecule has 0 aliphatic carbocycles. The third-order valence-corrected chi connectivity index (χ3v) is 4.50. The molecule has 4 rings (SSSR count). The second kappa shape index (κ2) is 6.77. The highest BCUT2D eigenvalue weighted by molar-refractivity contribution is 6.13. The SMILES string of the molecule is CC(C)NC(=O)c1cc2c([nH]c3ccccc32)c(-c2ccc([N+](=O)[O-])cc2)n1. The van der Waals surface area contributed by atoms with Gasteiger partial charge in [-0.3, -0.25) is 14.9 Å². The number of nitrogens with zero attached hydrogens (tertiary/aromatic N) is 2. The number of aromatic nitrogens is 2. The summed E-state index contributed by atoms with van der Waals surface area (Å²) < 4.78 is 0. The predicted molar refractivity (Wildman–Crippen MR) is 108 cm³/mol. The zero-order valence-electron chi connectivity index (χ0n) is 15.4. The lowest BCUT2D eigenvalue weighted by atomic mass is 10.1. The maximum Gasteiger partial charge on any atom is 0.270 e. The Balaban J connectivity index is 1.97. The molecular weight excluding hydrogens is 356 g/mol. The number of nitro groups is 1. The lowest BCUT2D eigenvalue weighted by Gasteiger charge is -2.10. The molecule has 0 bridgehead atoms. The van der Waals surface area contributed by atoms with Crippen molar-refractivity contribution in [3.8, 4) is 11.3 Å². The molecule has 140 valence electrons. The van der Waals surface area contributed by atoms with Crippen LogP contribution >= 0.6 is 0 Å². The van der Waals surface area contributed by atoms with Gasteiger partial charge in [-0.25, -0.2) is 4.98 Å². The number of nitrogens with one attached hydrogen (secondary N) is 2. The molecular formula is C21H18N4O3. The van der Waals surface area contributed by atoms with Crippen LogP contribution in [0.1, 0.15) is 24.3 Å². The minimum Gasteiger partial charge on any atom is -0.353 e. The summed E-state index contributed by atoms with van der Waals surface area (Å²) in [5.41, 5.74) is 3.31. The van der Waals surface area contributed by atoms with Gasteiger partial charge in [0.15, 0.2) is 0 Å². The molecule has 2 N–H and O–H groups in total. The van der Waals surface area contributed by atoms with Gasteiger partial charge in [0.2, 0.25) is 0 Å². The fraction of sp³-hybridized carbons (Fsp3) is 0.143. The molecule has 0 aliphatic heterocycles. The molecule has 2 aromatic carbocycles. The van der Waals surface area contributed by atoms with Gasteiger partial charge < -0.3 is 10.3 Å². The summed E-state index contributed by atoms with van der Waals surface area (Å²) >= 11 is 0. The Hall–Kier alpha value is -3.74. The van der Waals surface area contributed by atoms with E-state index in [1.807, 2.05) is 38.1 Å². The number of rotatable bonds is 4. The molecule has 4 aromatic rings. The second-order valence-corrected chi connectivity index (χ2v) is 6.88. The van der Waals surface area contributed by atoms with Crippen LogP contribution in [0.4, 0.5) is 5.69 Å². The van der Waals surface area contributed by atoms with Crippen LogP contribution in [0.2, 0.25) is 0 Å². The van der Waals surface area contributed by atoms with E-state index in [1.165, 1.54) is 12.1 Å². The summed E-state index contributed by atoms with van der Waals surface area (Å²) in [6.45, 7) is 3.78. The van der Waals surface area contributed by atoms with Crippen LogP contribution in [-0.4, -0.2) is 26.8 Å². The van der Waals surface area contributed by atoms with Crippen LogP contribution in [0.25, 0.3) is 33.1 Å².